The zero-order valence-electron chi connectivity index (χ0n) is 4.03. The maximum Gasteiger partial charge on any atom is 0.386 e. The van der Waals surface area contributed by atoms with Crippen LogP contribution in [-0.4, -0.2) is 7.56 Å². The predicted molar refractivity (Wildman–Crippen MR) is 26.3 cm³/mol. The molecule has 0 saturated heterocycles. The molecule has 0 nitrogen and oxygen atoms in total. The van der Waals surface area contributed by atoms with Crippen LogP contribution in [0.1, 0.15) is 13.8 Å². The van der Waals surface area contributed by atoms with Gasteiger partial charge in [0.15, 0.2) is 0 Å². The van der Waals surface area contributed by atoms with Crippen molar-refractivity contribution >= 4 is 7.56 Å². The SMILES string of the molecule is C/C=C(\C)[B]F. The summed E-state index contributed by atoms with van der Waals surface area (Å²) in [5.41, 5.74) is 0.676. The van der Waals surface area contributed by atoms with Crippen molar-refractivity contribution in [3.05, 3.63) is 11.5 Å². The minimum absolute atomic E-state index is 0.583. The Labute approximate surface area is 38.3 Å². The number of allylic oxidation sites excluding steroid dienone is 2. The summed E-state index contributed by atoms with van der Waals surface area (Å²) in [6.45, 7) is 3.51. The normalized spacial score (nSPS) is 11.5. The second-order valence-electron chi connectivity index (χ2n) is 1.14. The van der Waals surface area contributed by atoms with Crippen LogP contribution in [-0.2, 0) is 0 Å². The van der Waals surface area contributed by atoms with Gasteiger partial charge in [0.25, 0.3) is 0 Å². The first kappa shape index (κ1) is 5.73. The lowest BCUT2D eigenvalue weighted by molar-refractivity contribution is 0.876. The van der Waals surface area contributed by atoms with E-state index < -0.39 is 0 Å². The fourth-order valence-corrected chi connectivity index (χ4v) is 0.0630. The molecule has 2 heteroatoms. The van der Waals surface area contributed by atoms with Crippen LogP contribution in [0.4, 0.5) is 4.32 Å². The molecule has 6 heavy (non-hydrogen) atoms. The van der Waals surface area contributed by atoms with Crippen LogP contribution < -0.4 is 0 Å². The molecule has 0 unspecified atom stereocenters. The summed E-state index contributed by atoms with van der Waals surface area (Å²) in [6.07, 6.45) is 1.71. The lowest BCUT2D eigenvalue weighted by Crippen LogP contribution is -1.78. The Morgan fingerprint density at radius 1 is 1.83 bits per heavy atom. The molecule has 0 aromatic rings. The van der Waals surface area contributed by atoms with E-state index in [1.165, 1.54) is 0 Å². The van der Waals surface area contributed by atoms with Gasteiger partial charge in [-0.3, -0.25) is 0 Å². The molecule has 1 radical (unpaired) electrons. The Bertz CT molecular complexity index is 58.6. The van der Waals surface area contributed by atoms with Crippen LogP contribution in [0.3, 0.4) is 0 Å². The van der Waals surface area contributed by atoms with E-state index in [2.05, 4.69) is 0 Å². The number of halogens is 1. The van der Waals surface area contributed by atoms with E-state index in [4.69, 9.17) is 0 Å². The molecule has 0 aromatic carbocycles. The number of rotatable bonds is 1. The monoisotopic (exact) mass is 85.1 g/mol. The van der Waals surface area contributed by atoms with Gasteiger partial charge in [-0.15, -0.1) is 0 Å². The number of hydrogen-bond donors (Lipinski definition) is 0. The van der Waals surface area contributed by atoms with E-state index in [1.807, 2.05) is 0 Å². The van der Waals surface area contributed by atoms with Crippen molar-refractivity contribution < 1.29 is 4.32 Å². The van der Waals surface area contributed by atoms with Crippen molar-refractivity contribution in [3.63, 3.8) is 0 Å². The van der Waals surface area contributed by atoms with Crippen LogP contribution in [0, 0.1) is 0 Å². The zero-order valence-corrected chi connectivity index (χ0v) is 4.03. The van der Waals surface area contributed by atoms with Crippen molar-refractivity contribution in [2.45, 2.75) is 13.8 Å². The summed E-state index contributed by atoms with van der Waals surface area (Å²) in [6, 6.07) is 0. The Morgan fingerprint density at radius 2 is 2.33 bits per heavy atom. The fourth-order valence-electron chi connectivity index (χ4n) is 0.0630. The summed E-state index contributed by atoms with van der Waals surface area (Å²) in [7, 11) is 0.583. The summed E-state index contributed by atoms with van der Waals surface area (Å²) >= 11 is 0. The van der Waals surface area contributed by atoms with Gasteiger partial charge >= 0.3 is 7.56 Å². The molecule has 0 aliphatic carbocycles. The highest BCUT2D eigenvalue weighted by molar-refractivity contribution is 6.36. The molecule has 0 fully saturated rings. The first-order valence-corrected chi connectivity index (χ1v) is 1.87. The Morgan fingerprint density at radius 3 is 2.33 bits per heavy atom. The third kappa shape index (κ3) is 2.00. The minimum Gasteiger partial charge on any atom is -0.336 e. The maximum atomic E-state index is 11.2. The molecule has 0 heterocycles. The van der Waals surface area contributed by atoms with Crippen LogP contribution in [0.25, 0.3) is 0 Å². The highest BCUT2D eigenvalue weighted by Crippen LogP contribution is 1.85. The molecule has 33 valence electrons. The largest absolute Gasteiger partial charge is 0.386 e. The smallest absolute Gasteiger partial charge is 0.336 e. The topological polar surface area (TPSA) is 0 Å². The fraction of sp³-hybridized carbons (Fsp3) is 0.500. The van der Waals surface area contributed by atoms with Gasteiger partial charge in [0.05, 0.1) is 0 Å². The van der Waals surface area contributed by atoms with Gasteiger partial charge < -0.3 is 4.32 Å². The van der Waals surface area contributed by atoms with E-state index in [-0.39, 0.29) is 0 Å². The van der Waals surface area contributed by atoms with Crippen LogP contribution in [0.15, 0.2) is 11.5 Å². The Kier molecular flexibility index (Phi) is 2.82. The molecular formula is C4H7BF. The van der Waals surface area contributed by atoms with E-state index in [0.29, 0.717) is 13.0 Å². The molecular weight excluding hydrogens is 77.9 g/mol. The Balaban J connectivity index is 3.22. The molecule has 0 saturated carbocycles. The van der Waals surface area contributed by atoms with Gasteiger partial charge in [-0.25, -0.2) is 0 Å². The van der Waals surface area contributed by atoms with Gasteiger partial charge in [-0.2, -0.15) is 0 Å². The van der Waals surface area contributed by atoms with Gasteiger partial charge in [-0.05, 0) is 13.8 Å². The van der Waals surface area contributed by atoms with Crippen molar-refractivity contribution in [2.24, 2.45) is 0 Å². The number of hydrogen-bond acceptors (Lipinski definition) is 0. The van der Waals surface area contributed by atoms with Crippen LogP contribution >= 0.6 is 0 Å². The van der Waals surface area contributed by atoms with Crippen LogP contribution in [0.5, 0.6) is 0 Å². The molecule has 0 rings (SSSR count). The lowest BCUT2D eigenvalue weighted by atomic mass is 9.93. The van der Waals surface area contributed by atoms with Crippen molar-refractivity contribution in [2.75, 3.05) is 0 Å². The third-order valence-electron chi connectivity index (χ3n) is 0.627. The van der Waals surface area contributed by atoms with Gasteiger partial charge in [0, 0.05) is 0 Å². The maximum absolute atomic E-state index is 11.2. The molecule has 0 aromatic heterocycles. The minimum atomic E-state index is 0.583. The summed E-state index contributed by atoms with van der Waals surface area (Å²) in [5.74, 6) is 0. The molecule has 0 atom stereocenters. The Hall–Kier alpha value is -0.265. The highest BCUT2D eigenvalue weighted by atomic mass is 19.1. The van der Waals surface area contributed by atoms with E-state index in [1.54, 1.807) is 19.9 Å². The molecule has 0 aliphatic rings. The van der Waals surface area contributed by atoms with Gasteiger partial charge in [-0.1, -0.05) is 11.5 Å². The van der Waals surface area contributed by atoms with Gasteiger partial charge in [0.1, 0.15) is 0 Å². The quantitative estimate of drug-likeness (QED) is 0.423. The molecule has 0 spiro atoms. The molecule has 0 bridgehead atoms. The van der Waals surface area contributed by atoms with Crippen molar-refractivity contribution in [1.29, 1.82) is 0 Å². The second kappa shape index (κ2) is 2.95. The van der Waals surface area contributed by atoms with E-state index in [0.717, 1.165) is 0 Å². The lowest BCUT2D eigenvalue weighted by Gasteiger charge is -1.78. The van der Waals surface area contributed by atoms with E-state index in [9.17, 15) is 4.32 Å². The molecule has 0 N–H and O–H groups in total. The molecule has 0 aliphatic heterocycles. The van der Waals surface area contributed by atoms with Crippen LogP contribution in [0.2, 0.25) is 0 Å². The summed E-state index contributed by atoms with van der Waals surface area (Å²) < 4.78 is 11.2. The van der Waals surface area contributed by atoms with E-state index >= 15 is 0 Å². The summed E-state index contributed by atoms with van der Waals surface area (Å²) in [4.78, 5) is 0. The third-order valence-corrected chi connectivity index (χ3v) is 0.627. The average Bonchev–Trinajstić information content (AvgIpc) is 1.65. The average molecular weight is 84.9 g/mol. The standard InChI is InChI=1S/C4H7BF/c1-3-4(2)5-6/h3H,1-2H3/b4-3+. The first-order valence-electron chi connectivity index (χ1n) is 1.87. The van der Waals surface area contributed by atoms with Crippen molar-refractivity contribution in [1.82, 2.24) is 0 Å². The van der Waals surface area contributed by atoms with Gasteiger partial charge in [0.2, 0.25) is 0 Å². The predicted octanol–water partition coefficient (Wildman–Crippen LogP) is 1.50. The second-order valence-corrected chi connectivity index (χ2v) is 1.14. The first-order chi connectivity index (χ1) is 2.81. The molecule has 0 amide bonds. The van der Waals surface area contributed by atoms with Crippen molar-refractivity contribution in [3.8, 4) is 0 Å². The highest BCUT2D eigenvalue weighted by Gasteiger charge is 1.83. The zero-order chi connectivity index (χ0) is 4.99. The summed E-state index contributed by atoms with van der Waals surface area (Å²) in [5, 5.41) is 0.